The van der Waals surface area contributed by atoms with E-state index in [9.17, 15) is 13.6 Å². The fourth-order valence-corrected chi connectivity index (χ4v) is 2.82. The molecule has 2 heterocycles. The van der Waals surface area contributed by atoms with Gasteiger partial charge < -0.3 is 5.32 Å². The number of hydrogen-bond acceptors (Lipinski definition) is 5. The average Bonchev–Trinajstić information content (AvgIpc) is 2.94. The number of carbonyl (C=O) groups excluding carboxylic acids is 1. The van der Waals surface area contributed by atoms with E-state index in [0.717, 1.165) is 23.1 Å². The highest BCUT2D eigenvalue weighted by atomic mass is 32.1. The van der Waals surface area contributed by atoms with Gasteiger partial charge in [-0.25, -0.2) is 23.7 Å². The van der Waals surface area contributed by atoms with Gasteiger partial charge in [-0.15, -0.1) is 11.3 Å². The molecule has 2 aromatic rings. The molecule has 2 aromatic heterocycles. The number of rotatable bonds is 5. The summed E-state index contributed by atoms with van der Waals surface area (Å²) in [6, 6.07) is 1.00. The zero-order valence-corrected chi connectivity index (χ0v) is 13.2. The molecule has 1 atom stereocenters. The first-order valence-electron chi connectivity index (χ1n) is 6.71. The Morgan fingerprint density at radius 3 is 2.73 bits per heavy atom. The highest BCUT2D eigenvalue weighted by Crippen LogP contribution is 2.28. The molecule has 0 spiro atoms. The molecule has 0 aliphatic carbocycles. The lowest BCUT2D eigenvalue weighted by Crippen LogP contribution is -2.43. The van der Waals surface area contributed by atoms with Gasteiger partial charge in [0.25, 0.3) is 12.3 Å². The van der Waals surface area contributed by atoms with Crippen molar-refractivity contribution in [3.63, 3.8) is 0 Å². The molecule has 0 bridgehead atoms. The number of halogens is 2. The monoisotopic (exact) mass is 326 g/mol. The second-order valence-electron chi connectivity index (χ2n) is 5.06. The summed E-state index contributed by atoms with van der Waals surface area (Å²) in [5.41, 5.74) is -0.357. The van der Waals surface area contributed by atoms with Crippen LogP contribution in [0.3, 0.4) is 0 Å². The van der Waals surface area contributed by atoms with Crippen LogP contribution in [-0.2, 0) is 5.54 Å². The molecular formula is C14H16F2N4OS. The maximum absolute atomic E-state index is 12.7. The van der Waals surface area contributed by atoms with Gasteiger partial charge in [0.2, 0.25) is 0 Å². The number of thiazole rings is 1. The Morgan fingerprint density at radius 1 is 1.45 bits per heavy atom. The fraction of sp³-hybridized carbons (Fsp3) is 0.429. The Hall–Kier alpha value is -1.96. The van der Waals surface area contributed by atoms with Crippen molar-refractivity contribution in [2.45, 2.75) is 39.2 Å². The van der Waals surface area contributed by atoms with E-state index in [1.165, 1.54) is 11.3 Å². The number of carbonyl (C=O) groups is 1. The second kappa shape index (κ2) is 6.43. The first kappa shape index (κ1) is 16.4. The normalized spacial score (nSPS) is 13.9. The zero-order valence-electron chi connectivity index (χ0n) is 12.4. The molecule has 0 aliphatic heterocycles. The lowest BCUT2D eigenvalue weighted by Gasteiger charge is -2.27. The third-order valence-corrected chi connectivity index (χ3v) is 4.56. The van der Waals surface area contributed by atoms with Gasteiger partial charge in [-0.3, -0.25) is 4.79 Å². The molecule has 5 nitrogen and oxygen atoms in total. The van der Waals surface area contributed by atoms with Gasteiger partial charge in [-0.05, 0) is 26.3 Å². The van der Waals surface area contributed by atoms with Crippen LogP contribution in [0.5, 0.6) is 0 Å². The van der Waals surface area contributed by atoms with Crippen molar-refractivity contribution in [3.05, 3.63) is 39.9 Å². The number of nitrogens with one attached hydrogen (secondary N) is 1. The Labute approximate surface area is 130 Å². The summed E-state index contributed by atoms with van der Waals surface area (Å²) in [5.74, 6) is -0.526. The maximum atomic E-state index is 12.7. The van der Waals surface area contributed by atoms with Crippen LogP contribution in [0.2, 0.25) is 0 Å². The predicted octanol–water partition coefficient (Wildman–Crippen LogP) is 3.23. The number of aromatic nitrogens is 3. The van der Waals surface area contributed by atoms with E-state index >= 15 is 0 Å². The van der Waals surface area contributed by atoms with Crippen LogP contribution >= 0.6 is 11.3 Å². The topological polar surface area (TPSA) is 67.8 Å². The molecule has 1 N–H and O–H groups in total. The van der Waals surface area contributed by atoms with Crippen LogP contribution < -0.4 is 5.32 Å². The smallest absolute Gasteiger partial charge is 0.280 e. The lowest BCUT2D eigenvalue weighted by atomic mass is 9.99. The van der Waals surface area contributed by atoms with Gasteiger partial charge in [0, 0.05) is 11.1 Å². The molecule has 0 saturated heterocycles. The maximum Gasteiger partial charge on any atom is 0.280 e. The first-order chi connectivity index (χ1) is 10.4. The van der Waals surface area contributed by atoms with Crippen LogP contribution in [0.4, 0.5) is 8.78 Å². The summed E-state index contributed by atoms with van der Waals surface area (Å²) in [4.78, 5) is 23.9. The van der Waals surface area contributed by atoms with Crippen molar-refractivity contribution in [3.8, 4) is 0 Å². The number of hydrogen-bond donors (Lipinski definition) is 1. The molecular weight excluding hydrogens is 310 g/mol. The van der Waals surface area contributed by atoms with Crippen molar-refractivity contribution in [2.75, 3.05) is 0 Å². The van der Waals surface area contributed by atoms with Crippen molar-refractivity contribution >= 4 is 17.2 Å². The summed E-state index contributed by atoms with van der Waals surface area (Å²) in [7, 11) is 0. The van der Waals surface area contributed by atoms with Crippen LogP contribution in [-0.4, -0.2) is 20.9 Å². The standard InChI is InChI=1S/C14H16F2N4OS/c1-4-14(3,13-19-8(2)6-22-13)20-12(21)10-5-9(11(15)16)17-7-18-10/h5-7,11H,4H2,1-3H3,(H,20,21). The first-order valence-corrected chi connectivity index (χ1v) is 7.59. The second-order valence-corrected chi connectivity index (χ2v) is 5.92. The molecule has 0 saturated carbocycles. The van der Waals surface area contributed by atoms with Gasteiger partial charge in [0.1, 0.15) is 22.7 Å². The number of aryl methyl sites for hydroxylation is 1. The molecule has 0 fully saturated rings. The van der Waals surface area contributed by atoms with Crippen molar-refractivity contribution in [2.24, 2.45) is 0 Å². The highest BCUT2D eigenvalue weighted by molar-refractivity contribution is 7.09. The molecule has 0 aromatic carbocycles. The minimum atomic E-state index is -2.74. The molecule has 2 rings (SSSR count). The summed E-state index contributed by atoms with van der Waals surface area (Å²) < 4.78 is 25.3. The van der Waals surface area contributed by atoms with Gasteiger partial charge in [-0.2, -0.15) is 0 Å². The molecule has 118 valence electrons. The van der Waals surface area contributed by atoms with E-state index < -0.39 is 23.6 Å². The number of amides is 1. The predicted molar refractivity (Wildman–Crippen MR) is 78.9 cm³/mol. The van der Waals surface area contributed by atoms with E-state index in [1.54, 1.807) is 0 Å². The molecule has 22 heavy (non-hydrogen) atoms. The summed E-state index contributed by atoms with van der Waals surface area (Å²) in [6.45, 7) is 5.64. The summed E-state index contributed by atoms with van der Waals surface area (Å²) in [5, 5.41) is 5.49. The van der Waals surface area contributed by atoms with Gasteiger partial charge in [0.05, 0.1) is 5.54 Å². The van der Waals surface area contributed by atoms with E-state index in [1.807, 2.05) is 26.2 Å². The average molecular weight is 326 g/mol. The van der Waals surface area contributed by atoms with Crippen LogP contribution in [0, 0.1) is 6.92 Å². The van der Waals surface area contributed by atoms with Crippen molar-refractivity contribution < 1.29 is 13.6 Å². The third kappa shape index (κ3) is 3.44. The summed E-state index contributed by atoms with van der Waals surface area (Å²) >= 11 is 1.45. The lowest BCUT2D eigenvalue weighted by molar-refractivity contribution is 0.0895. The largest absolute Gasteiger partial charge is 0.339 e. The van der Waals surface area contributed by atoms with E-state index in [4.69, 9.17) is 0 Å². The summed E-state index contributed by atoms with van der Waals surface area (Å²) in [6.07, 6.45) is -1.17. The quantitative estimate of drug-likeness (QED) is 0.916. The van der Waals surface area contributed by atoms with Crippen LogP contribution in [0.1, 0.15) is 53.6 Å². The molecule has 8 heteroatoms. The van der Waals surface area contributed by atoms with Crippen molar-refractivity contribution in [1.29, 1.82) is 0 Å². The number of nitrogens with zero attached hydrogens (tertiary/aromatic N) is 3. The van der Waals surface area contributed by atoms with E-state index in [0.29, 0.717) is 6.42 Å². The van der Waals surface area contributed by atoms with Crippen molar-refractivity contribution in [1.82, 2.24) is 20.3 Å². The van der Waals surface area contributed by atoms with Crippen LogP contribution in [0.25, 0.3) is 0 Å². The van der Waals surface area contributed by atoms with Crippen LogP contribution in [0.15, 0.2) is 17.8 Å². The molecule has 0 radical (unpaired) electrons. The Kier molecular flexibility index (Phi) is 4.80. The van der Waals surface area contributed by atoms with Gasteiger partial charge in [-0.1, -0.05) is 6.92 Å². The van der Waals surface area contributed by atoms with Gasteiger partial charge >= 0.3 is 0 Å². The zero-order chi connectivity index (χ0) is 16.3. The minimum absolute atomic E-state index is 0.0850. The van der Waals surface area contributed by atoms with E-state index in [2.05, 4.69) is 20.3 Å². The Balaban J connectivity index is 2.24. The molecule has 1 amide bonds. The number of alkyl halides is 2. The molecule has 0 aliphatic rings. The Morgan fingerprint density at radius 2 is 2.18 bits per heavy atom. The SMILES string of the molecule is CCC(C)(NC(=O)c1cc(C(F)F)ncn1)c1nc(C)cs1. The Bertz CT molecular complexity index is 676. The fourth-order valence-electron chi connectivity index (χ4n) is 1.83. The third-order valence-electron chi connectivity index (χ3n) is 3.33. The van der Waals surface area contributed by atoms with E-state index in [-0.39, 0.29) is 5.69 Å². The highest BCUT2D eigenvalue weighted by Gasteiger charge is 2.30. The minimum Gasteiger partial charge on any atom is -0.339 e. The van der Waals surface area contributed by atoms with Gasteiger partial charge in [0.15, 0.2) is 0 Å². The molecule has 1 unspecified atom stereocenters.